The van der Waals surface area contributed by atoms with Gasteiger partial charge in [-0.15, -0.1) is 0 Å². The largest absolute Gasteiger partial charge is 0.484 e. The molecule has 0 saturated carbocycles. The first kappa shape index (κ1) is 19.6. The van der Waals surface area contributed by atoms with Crippen molar-refractivity contribution in [2.45, 2.75) is 19.4 Å². The lowest BCUT2D eigenvalue weighted by Crippen LogP contribution is -2.53. The first-order valence-corrected chi connectivity index (χ1v) is 10.7. The van der Waals surface area contributed by atoms with Gasteiger partial charge in [-0.25, -0.2) is 8.42 Å². The molecule has 9 nitrogen and oxygen atoms in total. The highest BCUT2D eigenvalue weighted by Crippen LogP contribution is 2.23. The highest BCUT2D eigenvalue weighted by molar-refractivity contribution is 7.91. The number of nitro benzene ring substituents is 1. The van der Waals surface area contributed by atoms with Crippen LogP contribution in [0.25, 0.3) is 0 Å². The molecule has 1 amide bonds. The lowest BCUT2D eigenvalue weighted by Gasteiger charge is -2.37. The number of piperazine rings is 1. The summed E-state index contributed by atoms with van der Waals surface area (Å²) < 4.78 is 28.7. The number of rotatable bonds is 5. The molecule has 0 bridgehead atoms. The molecule has 0 spiro atoms. The van der Waals surface area contributed by atoms with Crippen molar-refractivity contribution in [3.8, 4) is 5.75 Å². The third kappa shape index (κ3) is 4.75. The second-order valence-corrected chi connectivity index (χ2v) is 9.20. The first-order chi connectivity index (χ1) is 12.7. The minimum absolute atomic E-state index is 0.0127. The summed E-state index contributed by atoms with van der Waals surface area (Å²) in [4.78, 5) is 26.6. The average molecular weight is 397 g/mol. The summed E-state index contributed by atoms with van der Waals surface area (Å²) in [5.41, 5.74) is 0.490. The van der Waals surface area contributed by atoms with E-state index in [0.717, 1.165) is 0 Å². The van der Waals surface area contributed by atoms with Crippen molar-refractivity contribution in [2.75, 3.05) is 44.3 Å². The maximum absolute atomic E-state index is 12.3. The molecule has 0 N–H and O–H groups in total. The standard InChI is InChI=1S/C17H23N3O6S/c1-13-10-15(2-3-16(13)20(22)23)26-11-17(21)19-7-5-18(6-8-19)14-4-9-27(24,25)12-14/h2-3,10,14H,4-9,11-12H2,1H3. The van der Waals surface area contributed by atoms with Crippen molar-refractivity contribution < 1.29 is 22.9 Å². The van der Waals surface area contributed by atoms with Crippen LogP contribution in [0.1, 0.15) is 12.0 Å². The van der Waals surface area contributed by atoms with Crippen molar-refractivity contribution in [3.05, 3.63) is 33.9 Å². The molecule has 27 heavy (non-hydrogen) atoms. The molecule has 1 aromatic rings. The zero-order valence-electron chi connectivity index (χ0n) is 15.2. The van der Waals surface area contributed by atoms with Gasteiger partial charge in [0, 0.05) is 43.9 Å². The van der Waals surface area contributed by atoms with E-state index < -0.39 is 14.8 Å². The van der Waals surface area contributed by atoms with Crippen LogP contribution in [0.2, 0.25) is 0 Å². The van der Waals surface area contributed by atoms with Crippen LogP contribution in [0.4, 0.5) is 5.69 Å². The number of hydrogen-bond donors (Lipinski definition) is 0. The number of benzene rings is 1. The fraction of sp³-hybridized carbons (Fsp3) is 0.588. The number of amides is 1. The molecule has 10 heteroatoms. The minimum Gasteiger partial charge on any atom is -0.484 e. The summed E-state index contributed by atoms with van der Waals surface area (Å²) in [7, 11) is -2.91. The maximum Gasteiger partial charge on any atom is 0.272 e. The molecular weight excluding hydrogens is 374 g/mol. The first-order valence-electron chi connectivity index (χ1n) is 8.85. The van der Waals surface area contributed by atoms with Gasteiger partial charge in [0.15, 0.2) is 16.4 Å². The van der Waals surface area contributed by atoms with Gasteiger partial charge in [-0.3, -0.25) is 19.8 Å². The molecule has 2 saturated heterocycles. The summed E-state index contributed by atoms with van der Waals surface area (Å²) in [5.74, 6) is 0.731. The van der Waals surface area contributed by atoms with Gasteiger partial charge in [-0.1, -0.05) is 0 Å². The zero-order chi connectivity index (χ0) is 19.6. The summed E-state index contributed by atoms with van der Waals surface area (Å²) in [5, 5.41) is 10.8. The molecule has 0 aliphatic carbocycles. The van der Waals surface area contributed by atoms with Crippen LogP contribution in [0.5, 0.6) is 5.75 Å². The quantitative estimate of drug-likeness (QED) is 0.529. The molecule has 3 rings (SSSR count). The van der Waals surface area contributed by atoms with Crippen LogP contribution in [-0.2, 0) is 14.6 Å². The smallest absolute Gasteiger partial charge is 0.272 e. The molecular formula is C17H23N3O6S. The lowest BCUT2D eigenvalue weighted by molar-refractivity contribution is -0.385. The van der Waals surface area contributed by atoms with Crippen LogP contribution in [0.3, 0.4) is 0 Å². The summed E-state index contributed by atoms with van der Waals surface area (Å²) >= 11 is 0. The third-order valence-corrected chi connectivity index (χ3v) is 6.87. The van der Waals surface area contributed by atoms with Crippen LogP contribution in [0, 0.1) is 17.0 Å². The van der Waals surface area contributed by atoms with Crippen molar-refractivity contribution in [1.82, 2.24) is 9.80 Å². The van der Waals surface area contributed by atoms with Gasteiger partial charge in [-0.2, -0.15) is 0 Å². The Hall–Kier alpha value is -2.20. The molecule has 148 valence electrons. The Morgan fingerprint density at radius 1 is 1.30 bits per heavy atom. The molecule has 0 radical (unpaired) electrons. The number of sulfone groups is 1. The lowest BCUT2D eigenvalue weighted by atomic mass is 10.2. The van der Waals surface area contributed by atoms with Gasteiger partial charge in [-0.05, 0) is 25.5 Å². The number of carbonyl (C=O) groups is 1. The molecule has 2 fully saturated rings. The van der Waals surface area contributed by atoms with E-state index in [9.17, 15) is 23.3 Å². The van der Waals surface area contributed by atoms with Crippen molar-refractivity contribution in [3.63, 3.8) is 0 Å². The van der Waals surface area contributed by atoms with Crippen molar-refractivity contribution >= 4 is 21.4 Å². The predicted molar refractivity (Wildman–Crippen MR) is 98.5 cm³/mol. The predicted octanol–water partition coefficient (Wildman–Crippen LogP) is 0.613. The normalized spacial score (nSPS) is 22.6. The fourth-order valence-electron chi connectivity index (χ4n) is 3.56. The van der Waals surface area contributed by atoms with E-state index in [4.69, 9.17) is 4.74 Å². The fourth-order valence-corrected chi connectivity index (χ4v) is 5.32. The Morgan fingerprint density at radius 2 is 2.00 bits per heavy atom. The van der Waals surface area contributed by atoms with Crippen LogP contribution >= 0.6 is 0 Å². The van der Waals surface area contributed by atoms with Gasteiger partial charge in [0.2, 0.25) is 0 Å². The average Bonchev–Trinajstić information content (AvgIpc) is 2.99. The highest BCUT2D eigenvalue weighted by atomic mass is 32.2. The van der Waals surface area contributed by atoms with Gasteiger partial charge in [0.25, 0.3) is 11.6 Å². The SMILES string of the molecule is Cc1cc(OCC(=O)N2CCN(C3CCS(=O)(=O)C3)CC2)ccc1[N+](=O)[O-]. The number of carbonyl (C=O) groups excluding carboxylic acids is 1. The Bertz CT molecular complexity index is 833. The Kier molecular flexibility index (Phi) is 5.66. The van der Waals surface area contributed by atoms with Gasteiger partial charge >= 0.3 is 0 Å². The number of nitrogens with zero attached hydrogens (tertiary/aromatic N) is 3. The summed E-state index contributed by atoms with van der Waals surface area (Å²) in [6, 6.07) is 4.45. The minimum atomic E-state index is -2.91. The van der Waals surface area contributed by atoms with E-state index in [1.807, 2.05) is 0 Å². The Balaban J connectivity index is 1.47. The molecule has 2 heterocycles. The van der Waals surface area contributed by atoms with E-state index in [1.54, 1.807) is 17.9 Å². The second kappa shape index (κ2) is 7.81. The molecule has 0 aromatic heterocycles. The summed E-state index contributed by atoms with van der Waals surface area (Å²) in [6.07, 6.45) is 0.666. The van der Waals surface area contributed by atoms with Crippen molar-refractivity contribution in [2.24, 2.45) is 0 Å². The van der Waals surface area contributed by atoms with E-state index in [2.05, 4.69) is 4.90 Å². The van der Waals surface area contributed by atoms with E-state index in [-0.39, 0.29) is 35.7 Å². The molecule has 1 atom stereocenters. The number of ether oxygens (including phenoxy) is 1. The molecule has 1 unspecified atom stereocenters. The molecule has 2 aliphatic heterocycles. The third-order valence-electron chi connectivity index (χ3n) is 5.12. The summed E-state index contributed by atoms with van der Waals surface area (Å²) in [6.45, 7) is 3.88. The van der Waals surface area contributed by atoms with Crippen LogP contribution in [-0.4, -0.2) is 79.4 Å². The zero-order valence-corrected chi connectivity index (χ0v) is 16.0. The van der Waals surface area contributed by atoms with Gasteiger partial charge in [0.05, 0.1) is 16.4 Å². The topological polar surface area (TPSA) is 110 Å². The van der Waals surface area contributed by atoms with Crippen LogP contribution in [0.15, 0.2) is 18.2 Å². The monoisotopic (exact) mass is 397 g/mol. The highest BCUT2D eigenvalue weighted by Gasteiger charge is 2.34. The number of nitro groups is 1. The Morgan fingerprint density at radius 3 is 2.56 bits per heavy atom. The van der Waals surface area contributed by atoms with E-state index in [1.165, 1.54) is 12.1 Å². The molecule has 2 aliphatic rings. The molecule has 1 aromatic carbocycles. The number of hydrogen-bond acceptors (Lipinski definition) is 7. The van der Waals surface area contributed by atoms with Crippen molar-refractivity contribution in [1.29, 1.82) is 0 Å². The van der Waals surface area contributed by atoms with Gasteiger partial charge < -0.3 is 9.64 Å². The van der Waals surface area contributed by atoms with Gasteiger partial charge in [0.1, 0.15) is 5.75 Å². The van der Waals surface area contributed by atoms with E-state index >= 15 is 0 Å². The maximum atomic E-state index is 12.3. The second-order valence-electron chi connectivity index (χ2n) is 6.97. The van der Waals surface area contributed by atoms with E-state index in [0.29, 0.717) is 43.9 Å². The number of aryl methyl sites for hydroxylation is 1. The van der Waals surface area contributed by atoms with Crippen LogP contribution < -0.4 is 4.74 Å². The Labute approximate surface area is 158 Å².